The van der Waals surface area contributed by atoms with Crippen LogP contribution in [0.1, 0.15) is 15.9 Å². The molecule has 5 nitrogen and oxygen atoms in total. The van der Waals surface area contributed by atoms with Gasteiger partial charge in [0, 0.05) is 11.8 Å². The zero-order chi connectivity index (χ0) is 13.1. The van der Waals surface area contributed by atoms with E-state index in [1.54, 1.807) is 24.3 Å². The van der Waals surface area contributed by atoms with Crippen molar-refractivity contribution in [2.45, 2.75) is 6.61 Å². The number of aliphatic hydroxyl groups excluding tert-OH is 1. The smallest absolute Gasteiger partial charge is 0.339 e. The van der Waals surface area contributed by atoms with Gasteiger partial charge in [-0.25, -0.2) is 9.78 Å². The normalized spacial score (nSPS) is 10.3. The molecule has 5 heteroatoms. The lowest BCUT2D eigenvalue weighted by Gasteiger charge is -2.05. The van der Waals surface area contributed by atoms with E-state index in [1.807, 2.05) is 0 Å². The van der Waals surface area contributed by atoms with Crippen molar-refractivity contribution in [1.29, 1.82) is 0 Å². The standard InChI is InChI=1S/C13H12N2O3/c14-12-11(13(17)18)5-10(6-15-12)9-3-1-8(7-16)2-4-9/h1-6,16H,7H2,(H2,14,15)(H,17,18). The molecule has 0 aliphatic carbocycles. The summed E-state index contributed by atoms with van der Waals surface area (Å²) >= 11 is 0. The van der Waals surface area contributed by atoms with Crippen LogP contribution in [0.4, 0.5) is 5.82 Å². The molecule has 0 radical (unpaired) electrons. The van der Waals surface area contributed by atoms with Crippen LogP contribution in [0, 0.1) is 0 Å². The van der Waals surface area contributed by atoms with Crippen LogP contribution in [0.2, 0.25) is 0 Å². The predicted molar refractivity (Wildman–Crippen MR) is 67.0 cm³/mol. The van der Waals surface area contributed by atoms with E-state index in [0.717, 1.165) is 11.1 Å². The lowest BCUT2D eigenvalue weighted by atomic mass is 10.0. The van der Waals surface area contributed by atoms with Crippen LogP contribution in [0.5, 0.6) is 0 Å². The molecule has 18 heavy (non-hydrogen) atoms. The number of anilines is 1. The molecule has 0 atom stereocenters. The molecule has 0 saturated heterocycles. The number of hydrogen-bond donors (Lipinski definition) is 3. The van der Waals surface area contributed by atoms with Gasteiger partial charge in [0.2, 0.25) is 0 Å². The molecule has 0 aliphatic rings. The van der Waals surface area contributed by atoms with Crippen LogP contribution >= 0.6 is 0 Å². The van der Waals surface area contributed by atoms with Gasteiger partial charge in [0.05, 0.1) is 6.61 Å². The van der Waals surface area contributed by atoms with Gasteiger partial charge in [-0.15, -0.1) is 0 Å². The van der Waals surface area contributed by atoms with Gasteiger partial charge in [-0.2, -0.15) is 0 Å². The fraction of sp³-hybridized carbons (Fsp3) is 0.0769. The molecule has 2 rings (SSSR count). The van der Waals surface area contributed by atoms with E-state index in [2.05, 4.69) is 4.98 Å². The predicted octanol–water partition coefficient (Wildman–Crippen LogP) is 1.52. The maximum atomic E-state index is 11.0. The minimum Gasteiger partial charge on any atom is -0.478 e. The van der Waals surface area contributed by atoms with Crippen LogP contribution in [0.15, 0.2) is 36.5 Å². The summed E-state index contributed by atoms with van der Waals surface area (Å²) in [5, 5.41) is 17.9. The fourth-order valence-electron chi connectivity index (χ4n) is 1.61. The highest BCUT2D eigenvalue weighted by Gasteiger charge is 2.10. The Hall–Kier alpha value is -2.40. The minimum atomic E-state index is -1.10. The van der Waals surface area contributed by atoms with Gasteiger partial charge in [0.1, 0.15) is 11.4 Å². The van der Waals surface area contributed by atoms with Crippen molar-refractivity contribution in [1.82, 2.24) is 4.98 Å². The van der Waals surface area contributed by atoms with Crippen LogP contribution in [0.3, 0.4) is 0 Å². The molecule has 4 N–H and O–H groups in total. The van der Waals surface area contributed by atoms with Crippen molar-refractivity contribution in [3.05, 3.63) is 47.7 Å². The van der Waals surface area contributed by atoms with Crippen molar-refractivity contribution in [2.75, 3.05) is 5.73 Å². The van der Waals surface area contributed by atoms with Crippen LogP contribution < -0.4 is 5.73 Å². The van der Waals surface area contributed by atoms with E-state index < -0.39 is 5.97 Å². The van der Waals surface area contributed by atoms with Crippen LogP contribution in [0.25, 0.3) is 11.1 Å². The second-order valence-corrected chi connectivity index (χ2v) is 3.82. The lowest BCUT2D eigenvalue weighted by molar-refractivity contribution is 0.0697. The molecule has 0 amide bonds. The molecule has 0 fully saturated rings. The molecule has 0 unspecified atom stereocenters. The maximum Gasteiger partial charge on any atom is 0.339 e. The minimum absolute atomic E-state index is 0.00164. The number of nitrogens with zero attached hydrogens (tertiary/aromatic N) is 1. The van der Waals surface area contributed by atoms with E-state index in [-0.39, 0.29) is 18.0 Å². The SMILES string of the molecule is Nc1ncc(-c2ccc(CO)cc2)cc1C(=O)O. The molecule has 1 aromatic heterocycles. The number of benzene rings is 1. The Bertz CT molecular complexity index is 579. The number of carbonyl (C=O) groups is 1. The first-order valence-electron chi connectivity index (χ1n) is 5.31. The van der Waals surface area contributed by atoms with Gasteiger partial charge in [-0.05, 0) is 17.2 Å². The summed E-state index contributed by atoms with van der Waals surface area (Å²) in [4.78, 5) is 14.8. The summed E-state index contributed by atoms with van der Waals surface area (Å²) in [5.41, 5.74) is 7.76. The Morgan fingerprint density at radius 2 is 1.89 bits per heavy atom. The Balaban J connectivity index is 2.44. The summed E-state index contributed by atoms with van der Waals surface area (Å²) in [7, 11) is 0. The van der Waals surface area contributed by atoms with Gasteiger partial charge >= 0.3 is 5.97 Å². The summed E-state index contributed by atoms with van der Waals surface area (Å²) in [6, 6.07) is 8.62. The molecule has 0 saturated carbocycles. The Morgan fingerprint density at radius 1 is 1.22 bits per heavy atom. The number of carboxylic acids is 1. The van der Waals surface area contributed by atoms with Gasteiger partial charge in [0.25, 0.3) is 0 Å². The van der Waals surface area contributed by atoms with Crippen molar-refractivity contribution in [3.63, 3.8) is 0 Å². The molecule has 1 aromatic carbocycles. The summed E-state index contributed by atoms with van der Waals surface area (Å²) in [6.07, 6.45) is 1.52. The largest absolute Gasteiger partial charge is 0.478 e. The van der Waals surface area contributed by atoms with Gasteiger partial charge in [-0.1, -0.05) is 24.3 Å². The molecule has 1 heterocycles. The molecule has 0 spiro atoms. The molecule has 0 aliphatic heterocycles. The maximum absolute atomic E-state index is 11.0. The summed E-state index contributed by atoms with van der Waals surface area (Å²) < 4.78 is 0. The van der Waals surface area contributed by atoms with Crippen molar-refractivity contribution in [2.24, 2.45) is 0 Å². The van der Waals surface area contributed by atoms with Crippen LogP contribution in [-0.2, 0) is 6.61 Å². The number of nitrogen functional groups attached to an aromatic ring is 1. The van der Waals surface area contributed by atoms with Crippen molar-refractivity contribution >= 4 is 11.8 Å². The number of hydrogen-bond acceptors (Lipinski definition) is 4. The second kappa shape index (κ2) is 4.85. The highest BCUT2D eigenvalue weighted by atomic mass is 16.4. The first-order valence-corrected chi connectivity index (χ1v) is 5.31. The van der Waals surface area contributed by atoms with Crippen molar-refractivity contribution in [3.8, 4) is 11.1 Å². The van der Waals surface area contributed by atoms with Crippen LogP contribution in [-0.4, -0.2) is 21.2 Å². The topological polar surface area (TPSA) is 96.4 Å². The van der Waals surface area contributed by atoms with E-state index in [9.17, 15) is 4.79 Å². The Labute approximate surface area is 104 Å². The highest BCUT2D eigenvalue weighted by Crippen LogP contribution is 2.22. The van der Waals surface area contributed by atoms with E-state index >= 15 is 0 Å². The molecule has 92 valence electrons. The lowest BCUT2D eigenvalue weighted by Crippen LogP contribution is -2.04. The molecular formula is C13H12N2O3. The number of carboxylic acid groups (broad SMARTS) is 1. The third-order valence-corrected chi connectivity index (χ3v) is 2.62. The summed E-state index contributed by atoms with van der Waals surface area (Å²) in [5.74, 6) is -1.10. The second-order valence-electron chi connectivity index (χ2n) is 3.82. The average molecular weight is 244 g/mol. The van der Waals surface area contributed by atoms with E-state index in [0.29, 0.717) is 5.56 Å². The first kappa shape index (κ1) is 12.1. The number of aliphatic hydroxyl groups is 1. The number of pyridine rings is 1. The van der Waals surface area contributed by atoms with E-state index in [1.165, 1.54) is 12.3 Å². The third-order valence-electron chi connectivity index (χ3n) is 2.62. The zero-order valence-corrected chi connectivity index (χ0v) is 9.50. The summed E-state index contributed by atoms with van der Waals surface area (Å²) in [6.45, 7) is -0.0271. The highest BCUT2D eigenvalue weighted by molar-refractivity contribution is 5.94. The van der Waals surface area contributed by atoms with Gasteiger partial charge in [-0.3, -0.25) is 0 Å². The zero-order valence-electron chi connectivity index (χ0n) is 9.50. The van der Waals surface area contributed by atoms with Crippen molar-refractivity contribution < 1.29 is 15.0 Å². The number of rotatable bonds is 3. The molecular weight excluding hydrogens is 232 g/mol. The monoisotopic (exact) mass is 244 g/mol. The molecule has 0 bridgehead atoms. The average Bonchev–Trinajstić information content (AvgIpc) is 2.39. The number of aromatic nitrogens is 1. The fourth-order valence-corrected chi connectivity index (χ4v) is 1.61. The quantitative estimate of drug-likeness (QED) is 0.760. The number of nitrogens with two attached hydrogens (primary N) is 1. The van der Waals surface area contributed by atoms with E-state index in [4.69, 9.17) is 15.9 Å². The molecule has 2 aromatic rings. The third kappa shape index (κ3) is 2.31. The first-order chi connectivity index (χ1) is 8.61. The Kier molecular flexibility index (Phi) is 3.25. The van der Waals surface area contributed by atoms with Gasteiger partial charge in [0.15, 0.2) is 0 Å². The van der Waals surface area contributed by atoms with Gasteiger partial charge < -0.3 is 15.9 Å². The number of aromatic carboxylic acids is 1. The Morgan fingerprint density at radius 3 is 2.44 bits per heavy atom.